The molecule has 0 N–H and O–H groups in total. The van der Waals surface area contributed by atoms with Crippen molar-refractivity contribution < 1.29 is 4.74 Å². The van der Waals surface area contributed by atoms with Crippen molar-refractivity contribution in [1.82, 2.24) is 0 Å². The predicted octanol–water partition coefficient (Wildman–Crippen LogP) is 5.20. The summed E-state index contributed by atoms with van der Waals surface area (Å²) in [5.41, 5.74) is 2.07. The molecule has 19 heavy (non-hydrogen) atoms. The minimum absolute atomic E-state index is 0.422. The lowest BCUT2D eigenvalue weighted by Gasteiger charge is -2.10. The number of nitriles is 1. The van der Waals surface area contributed by atoms with Crippen LogP contribution in [0.5, 0.6) is 11.5 Å². The summed E-state index contributed by atoms with van der Waals surface area (Å²) in [6.45, 7) is 0. The van der Waals surface area contributed by atoms with Crippen molar-refractivity contribution in [1.29, 1.82) is 5.26 Å². The third kappa shape index (κ3) is 3.82. The number of ether oxygens (including phenoxy) is 1. The number of halogens is 2. The number of hydrogen-bond acceptors (Lipinski definition) is 2. The fraction of sp³-hybridized carbons (Fsp3) is 0.133. The van der Waals surface area contributed by atoms with Crippen LogP contribution >= 0.6 is 31.9 Å². The standard InChI is InChI=1S/C15H11Br2NO/c16-10-12-9-13(17)3-6-15(12)19-14-4-1-11(2-5-14)7-8-18/h1-6,9H,7,10H2. The molecule has 0 saturated carbocycles. The van der Waals surface area contributed by atoms with Gasteiger partial charge in [-0.25, -0.2) is 0 Å². The molecule has 0 aliphatic rings. The van der Waals surface area contributed by atoms with E-state index in [1.54, 1.807) is 0 Å². The summed E-state index contributed by atoms with van der Waals surface area (Å²) in [4.78, 5) is 0. The minimum Gasteiger partial charge on any atom is -0.457 e. The molecule has 0 bridgehead atoms. The van der Waals surface area contributed by atoms with Gasteiger partial charge in [0.1, 0.15) is 11.5 Å². The molecule has 0 atom stereocenters. The highest BCUT2D eigenvalue weighted by molar-refractivity contribution is 9.10. The van der Waals surface area contributed by atoms with E-state index in [4.69, 9.17) is 10.00 Å². The highest BCUT2D eigenvalue weighted by Gasteiger charge is 2.05. The first-order valence-corrected chi connectivity index (χ1v) is 7.62. The molecule has 2 rings (SSSR count). The van der Waals surface area contributed by atoms with Crippen molar-refractivity contribution in [3.8, 4) is 17.6 Å². The van der Waals surface area contributed by atoms with Gasteiger partial charge < -0.3 is 4.74 Å². The SMILES string of the molecule is N#CCc1ccc(Oc2ccc(Br)cc2CBr)cc1. The summed E-state index contributed by atoms with van der Waals surface area (Å²) in [7, 11) is 0. The average Bonchev–Trinajstić information content (AvgIpc) is 2.43. The van der Waals surface area contributed by atoms with Crippen molar-refractivity contribution in [2.75, 3.05) is 0 Å². The largest absolute Gasteiger partial charge is 0.457 e. The minimum atomic E-state index is 0.422. The van der Waals surface area contributed by atoms with Gasteiger partial charge in [-0.15, -0.1) is 0 Å². The average molecular weight is 381 g/mol. The summed E-state index contributed by atoms with van der Waals surface area (Å²) in [6, 6.07) is 15.6. The fourth-order valence-corrected chi connectivity index (χ4v) is 2.49. The maximum absolute atomic E-state index is 8.63. The van der Waals surface area contributed by atoms with E-state index in [9.17, 15) is 0 Å². The van der Waals surface area contributed by atoms with Crippen LogP contribution in [0.3, 0.4) is 0 Å². The molecule has 2 aromatic carbocycles. The highest BCUT2D eigenvalue weighted by atomic mass is 79.9. The lowest BCUT2D eigenvalue weighted by Crippen LogP contribution is -1.90. The van der Waals surface area contributed by atoms with Crippen LogP contribution in [-0.2, 0) is 11.8 Å². The van der Waals surface area contributed by atoms with Crippen molar-refractivity contribution in [3.05, 3.63) is 58.1 Å². The Kier molecular flexibility index (Phi) is 5.00. The summed E-state index contributed by atoms with van der Waals surface area (Å²) < 4.78 is 6.88. The molecule has 0 radical (unpaired) electrons. The Morgan fingerprint density at radius 3 is 2.47 bits per heavy atom. The zero-order chi connectivity index (χ0) is 13.7. The van der Waals surface area contributed by atoms with E-state index in [0.717, 1.165) is 32.4 Å². The molecule has 2 aromatic rings. The fourth-order valence-electron chi connectivity index (χ4n) is 1.65. The maximum atomic E-state index is 8.63. The Morgan fingerprint density at radius 1 is 1.11 bits per heavy atom. The molecule has 0 fully saturated rings. The summed E-state index contributed by atoms with van der Waals surface area (Å²) in [5, 5.41) is 9.36. The topological polar surface area (TPSA) is 33.0 Å². The van der Waals surface area contributed by atoms with Gasteiger partial charge in [-0.1, -0.05) is 44.0 Å². The third-order valence-electron chi connectivity index (χ3n) is 2.60. The number of rotatable bonds is 4. The van der Waals surface area contributed by atoms with Gasteiger partial charge in [-0.2, -0.15) is 5.26 Å². The van der Waals surface area contributed by atoms with Crippen LogP contribution in [-0.4, -0.2) is 0 Å². The van der Waals surface area contributed by atoms with E-state index in [2.05, 4.69) is 37.9 Å². The molecule has 0 aliphatic carbocycles. The van der Waals surface area contributed by atoms with Gasteiger partial charge in [-0.05, 0) is 35.9 Å². The van der Waals surface area contributed by atoms with Gasteiger partial charge in [0, 0.05) is 15.4 Å². The summed E-state index contributed by atoms with van der Waals surface area (Å²) in [5.74, 6) is 1.60. The van der Waals surface area contributed by atoms with Crippen molar-refractivity contribution in [2.24, 2.45) is 0 Å². The molecule has 4 heteroatoms. The van der Waals surface area contributed by atoms with E-state index in [1.165, 1.54) is 0 Å². The van der Waals surface area contributed by atoms with Crippen LogP contribution in [0.2, 0.25) is 0 Å². The van der Waals surface area contributed by atoms with Crippen molar-refractivity contribution in [2.45, 2.75) is 11.8 Å². The molecule has 0 spiro atoms. The van der Waals surface area contributed by atoms with Crippen LogP contribution in [0.15, 0.2) is 46.9 Å². The zero-order valence-electron chi connectivity index (χ0n) is 10.1. The molecule has 2 nitrogen and oxygen atoms in total. The second kappa shape index (κ2) is 6.74. The first-order chi connectivity index (χ1) is 9.22. The van der Waals surface area contributed by atoms with E-state index in [0.29, 0.717) is 6.42 Å². The summed E-state index contributed by atoms with van der Waals surface area (Å²) >= 11 is 6.89. The molecule has 0 saturated heterocycles. The Morgan fingerprint density at radius 2 is 1.84 bits per heavy atom. The molecule has 0 unspecified atom stereocenters. The molecule has 0 aliphatic heterocycles. The quantitative estimate of drug-likeness (QED) is 0.682. The second-order valence-corrected chi connectivity index (χ2v) is 5.44. The Labute approximate surface area is 129 Å². The lowest BCUT2D eigenvalue weighted by molar-refractivity contribution is 0.478. The molecule has 0 heterocycles. The number of nitrogens with zero attached hydrogens (tertiary/aromatic N) is 1. The summed E-state index contributed by atoms with van der Waals surface area (Å²) in [6.07, 6.45) is 0.422. The lowest BCUT2D eigenvalue weighted by atomic mass is 10.1. The molecule has 96 valence electrons. The Hall–Kier alpha value is -1.31. The molecular formula is C15H11Br2NO. The van der Waals surface area contributed by atoms with E-state index < -0.39 is 0 Å². The van der Waals surface area contributed by atoms with Gasteiger partial charge >= 0.3 is 0 Å². The predicted molar refractivity (Wildman–Crippen MR) is 82.6 cm³/mol. The van der Waals surface area contributed by atoms with Crippen LogP contribution in [0.4, 0.5) is 0 Å². The van der Waals surface area contributed by atoms with Crippen LogP contribution < -0.4 is 4.74 Å². The zero-order valence-corrected chi connectivity index (χ0v) is 13.2. The normalized spacial score (nSPS) is 9.95. The first kappa shape index (κ1) is 14.1. The Bertz CT molecular complexity index is 603. The smallest absolute Gasteiger partial charge is 0.131 e. The van der Waals surface area contributed by atoms with Gasteiger partial charge in [0.15, 0.2) is 0 Å². The number of alkyl halides is 1. The van der Waals surface area contributed by atoms with E-state index in [1.807, 2.05) is 42.5 Å². The highest BCUT2D eigenvalue weighted by Crippen LogP contribution is 2.29. The van der Waals surface area contributed by atoms with Gasteiger partial charge in [0.2, 0.25) is 0 Å². The van der Waals surface area contributed by atoms with Crippen LogP contribution in [0.1, 0.15) is 11.1 Å². The van der Waals surface area contributed by atoms with Crippen molar-refractivity contribution in [3.63, 3.8) is 0 Å². The Balaban J connectivity index is 2.19. The van der Waals surface area contributed by atoms with Crippen LogP contribution in [0.25, 0.3) is 0 Å². The molecule has 0 aromatic heterocycles. The van der Waals surface area contributed by atoms with Gasteiger partial charge in [0.25, 0.3) is 0 Å². The number of hydrogen-bond donors (Lipinski definition) is 0. The van der Waals surface area contributed by atoms with Crippen molar-refractivity contribution >= 4 is 31.9 Å². The second-order valence-electron chi connectivity index (χ2n) is 3.97. The van der Waals surface area contributed by atoms with Crippen LogP contribution in [0, 0.1) is 11.3 Å². The van der Waals surface area contributed by atoms with Gasteiger partial charge in [0.05, 0.1) is 12.5 Å². The van der Waals surface area contributed by atoms with E-state index >= 15 is 0 Å². The number of benzene rings is 2. The monoisotopic (exact) mass is 379 g/mol. The third-order valence-corrected chi connectivity index (χ3v) is 3.70. The first-order valence-electron chi connectivity index (χ1n) is 5.71. The van der Waals surface area contributed by atoms with E-state index in [-0.39, 0.29) is 0 Å². The maximum Gasteiger partial charge on any atom is 0.131 e. The van der Waals surface area contributed by atoms with Gasteiger partial charge in [-0.3, -0.25) is 0 Å². The molecular weight excluding hydrogens is 370 g/mol. The molecule has 0 amide bonds.